The van der Waals surface area contributed by atoms with Crippen LogP contribution in [0.4, 0.5) is 0 Å². The highest BCUT2D eigenvalue weighted by molar-refractivity contribution is 7.90. The van der Waals surface area contributed by atoms with Crippen LogP contribution in [0.25, 0.3) is 0 Å². The van der Waals surface area contributed by atoms with Gasteiger partial charge in [-0.25, -0.2) is 8.42 Å². The summed E-state index contributed by atoms with van der Waals surface area (Å²) in [7, 11) is -3.00. The Morgan fingerprint density at radius 3 is 1.77 bits per heavy atom. The molecule has 2 N–H and O–H groups in total. The molecule has 0 heterocycles. The molecule has 0 aliphatic heterocycles. The molecule has 1 aromatic rings. The Balaban J connectivity index is 0.000000424. The summed E-state index contributed by atoms with van der Waals surface area (Å²) >= 11 is 0. The number of hydrogen-bond acceptors (Lipinski definition) is 4. The van der Waals surface area contributed by atoms with Gasteiger partial charge in [0.25, 0.3) is 0 Å². The maximum Gasteiger partial charge on any atom is 0.482 e. The van der Waals surface area contributed by atoms with Gasteiger partial charge < -0.3 is 10.0 Å². The van der Waals surface area contributed by atoms with Crippen LogP contribution in [0.2, 0.25) is 0 Å². The fraction of sp³-hybridized carbons (Fsp3) is 0.143. The highest BCUT2D eigenvalue weighted by atomic mass is 32.2. The van der Waals surface area contributed by atoms with Gasteiger partial charge >= 0.3 is 7.69 Å². The first-order valence-electron chi connectivity index (χ1n) is 3.37. The number of hydrogen-bond donors (Lipinski definition) is 2. The predicted octanol–water partition coefficient (Wildman–Crippen LogP) is -0.405. The molecule has 0 aliphatic rings. The molecule has 0 unspecified atom stereocenters. The zero-order valence-electron chi connectivity index (χ0n) is 7.08. The summed E-state index contributed by atoms with van der Waals surface area (Å²) in [5.41, 5.74) is 0. The molecule has 0 bridgehead atoms. The quantitative estimate of drug-likeness (QED) is 0.606. The van der Waals surface area contributed by atoms with E-state index in [4.69, 9.17) is 10.0 Å². The van der Waals surface area contributed by atoms with Crippen LogP contribution in [-0.2, 0) is 9.84 Å². The lowest BCUT2D eigenvalue weighted by molar-refractivity contribution is 0.448. The molecule has 0 saturated carbocycles. The third kappa shape index (κ3) is 5.40. The lowest BCUT2D eigenvalue weighted by Gasteiger charge is -1.93. The first-order chi connectivity index (χ1) is 6.02. The minimum absolute atomic E-state index is 0. The van der Waals surface area contributed by atoms with Gasteiger partial charge in [-0.3, -0.25) is 0 Å². The van der Waals surface area contributed by atoms with E-state index in [1.807, 2.05) is 0 Å². The fourth-order valence-electron chi connectivity index (χ4n) is 0.668. The summed E-state index contributed by atoms with van der Waals surface area (Å²) < 4.78 is 21.7. The second-order valence-electron chi connectivity index (χ2n) is 2.20. The van der Waals surface area contributed by atoms with Crippen molar-refractivity contribution in [3.63, 3.8) is 0 Å². The molecule has 0 amide bonds. The largest absolute Gasteiger partial charge is 0.482 e. The molecule has 0 aromatic heterocycles. The third-order valence-corrected chi connectivity index (χ3v) is 2.30. The van der Waals surface area contributed by atoms with E-state index >= 15 is 0 Å². The van der Waals surface area contributed by atoms with Crippen LogP contribution in [0.15, 0.2) is 35.2 Å². The normalized spacial score (nSPS) is 9.77. The van der Waals surface area contributed by atoms with Crippen LogP contribution in [0.1, 0.15) is 0 Å². The molecule has 13 heavy (non-hydrogen) atoms. The van der Waals surface area contributed by atoms with Gasteiger partial charge in [0.1, 0.15) is 0 Å². The van der Waals surface area contributed by atoms with Gasteiger partial charge in [-0.1, -0.05) is 18.2 Å². The summed E-state index contributed by atoms with van der Waals surface area (Å²) in [5, 5.41) is 14.0. The Morgan fingerprint density at radius 1 is 1.15 bits per heavy atom. The van der Waals surface area contributed by atoms with Crippen molar-refractivity contribution in [2.24, 2.45) is 0 Å². The van der Waals surface area contributed by atoms with Crippen molar-refractivity contribution in [1.29, 1.82) is 0 Å². The van der Waals surface area contributed by atoms with Gasteiger partial charge in [0.2, 0.25) is 0 Å². The van der Waals surface area contributed by atoms with Crippen molar-refractivity contribution in [2.45, 2.75) is 4.90 Å². The van der Waals surface area contributed by atoms with Crippen LogP contribution in [0, 0.1) is 0 Å². The van der Waals surface area contributed by atoms with E-state index in [-0.39, 0.29) is 7.69 Å². The Labute approximate surface area is 78.1 Å². The highest BCUT2D eigenvalue weighted by Crippen LogP contribution is 2.05. The molecule has 0 spiro atoms. The van der Waals surface area contributed by atoms with Gasteiger partial charge in [-0.05, 0) is 12.1 Å². The molecule has 1 aromatic carbocycles. The summed E-state index contributed by atoms with van der Waals surface area (Å²) in [5.74, 6) is 0. The first kappa shape index (κ1) is 12.2. The lowest BCUT2D eigenvalue weighted by Crippen LogP contribution is -1.95. The van der Waals surface area contributed by atoms with Crippen molar-refractivity contribution in [3.05, 3.63) is 30.3 Å². The molecule has 0 saturated heterocycles. The summed E-state index contributed by atoms with van der Waals surface area (Å²) in [6.07, 6.45) is 1.20. The SMILES string of the molecule is CS(=O)(=O)c1ccccc1.O[B]O. The van der Waals surface area contributed by atoms with Crippen LogP contribution < -0.4 is 0 Å². The van der Waals surface area contributed by atoms with Crippen LogP contribution in [0.3, 0.4) is 0 Å². The number of benzene rings is 1. The van der Waals surface area contributed by atoms with Gasteiger partial charge in [-0.15, -0.1) is 0 Å². The van der Waals surface area contributed by atoms with E-state index < -0.39 is 9.84 Å². The molecule has 1 rings (SSSR count). The van der Waals surface area contributed by atoms with E-state index in [2.05, 4.69) is 0 Å². The van der Waals surface area contributed by atoms with E-state index in [0.29, 0.717) is 4.90 Å². The van der Waals surface area contributed by atoms with Gasteiger partial charge in [-0.2, -0.15) is 0 Å². The molecule has 6 heteroatoms. The van der Waals surface area contributed by atoms with Crippen molar-refractivity contribution >= 4 is 17.5 Å². The predicted molar refractivity (Wildman–Crippen MR) is 49.7 cm³/mol. The van der Waals surface area contributed by atoms with Crippen molar-refractivity contribution in [3.8, 4) is 0 Å². The Morgan fingerprint density at radius 2 is 1.54 bits per heavy atom. The van der Waals surface area contributed by atoms with E-state index in [1.54, 1.807) is 30.3 Å². The van der Waals surface area contributed by atoms with E-state index in [1.165, 1.54) is 6.26 Å². The summed E-state index contributed by atoms with van der Waals surface area (Å²) in [6.45, 7) is 0. The lowest BCUT2D eigenvalue weighted by atomic mass is 10.4. The zero-order valence-corrected chi connectivity index (χ0v) is 7.90. The van der Waals surface area contributed by atoms with Crippen LogP contribution in [0.5, 0.6) is 0 Å². The van der Waals surface area contributed by atoms with Crippen molar-refractivity contribution < 1.29 is 18.5 Å². The summed E-state index contributed by atoms with van der Waals surface area (Å²) in [4.78, 5) is 0.370. The smallest absolute Gasteiger partial charge is 0.429 e. The van der Waals surface area contributed by atoms with Gasteiger partial charge in [0, 0.05) is 6.26 Å². The van der Waals surface area contributed by atoms with E-state index in [9.17, 15) is 8.42 Å². The fourth-order valence-corrected chi connectivity index (χ4v) is 1.32. The zero-order chi connectivity index (χ0) is 10.3. The van der Waals surface area contributed by atoms with Gasteiger partial charge in [0.05, 0.1) is 4.90 Å². The first-order valence-corrected chi connectivity index (χ1v) is 5.26. The molecule has 0 aliphatic carbocycles. The van der Waals surface area contributed by atoms with E-state index in [0.717, 1.165) is 0 Å². The topological polar surface area (TPSA) is 74.6 Å². The summed E-state index contributed by atoms with van der Waals surface area (Å²) in [6, 6.07) is 8.35. The van der Waals surface area contributed by atoms with Gasteiger partial charge in [0.15, 0.2) is 9.84 Å². The Kier molecular flexibility index (Phi) is 5.37. The average Bonchev–Trinajstić information content (AvgIpc) is 2.06. The minimum Gasteiger partial charge on any atom is -0.429 e. The average molecular weight is 201 g/mol. The molecular weight excluding hydrogens is 191 g/mol. The minimum atomic E-state index is -3.00. The molecule has 71 valence electrons. The number of sulfone groups is 1. The monoisotopic (exact) mass is 201 g/mol. The van der Waals surface area contributed by atoms with Crippen molar-refractivity contribution in [1.82, 2.24) is 0 Å². The number of rotatable bonds is 1. The Hall–Kier alpha value is -0.845. The maximum absolute atomic E-state index is 10.8. The molecule has 0 atom stereocenters. The maximum atomic E-state index is 10.8. The standard InChI is InChI=1S/C7H8O2S.BH2O2/c1-10(8,9)7-5-3-2-4-6-7;2-1-3/h2-6H,1H3;2-3H. The second-order valence-corrected chi connectivity index (χ2v) is 4.22. The molecule has 0 fully saturated rings. The third-order valence-electron chi connectivity index (χ3n) is 1.17. The Bertz CT molecular complexity index is 322. The molecule has 4 nitrogen and oxygen atoms in total. The second kappa shape index (κ2) is 5.74. The highest BCUT2D eigenvalue weighted by Gasteiger charge is 2.02. The van der Waals surface area contributed by atoms with Crippen LogP contribution >= 0.6 is 0 Å². The molecular formula is C7H10BO4S. The molecule has 1 radical (unpaired) electrons. The van der Waals surface area contributed by atoms with Crippen molar-refractivity contribution in [2.75, 3.05) is 6.26 Å². The van der Waals surface area contributed by atoms with Crippen LogP contribution in [-0.4, -0.2) is 32.4 Å².